The quantitative estimate of drug-likeness (QED) is 0.427. The van der Waals surface area contributed by atoms with Crippen LogP contribution in [0.2, 0.25) is 0 Å². The lowest BCUT2D eigenvalue weighted by Gasteiger charge is -2.05. The van der Waals surface area contributed by atoms with Crippen LogP contribution in [0.3, 0.4) is 0 Å². The van der Waals surface area contributed by atoms with Gasteiger partial charge < -0.3 is 9.47 Å². The maximum atomic E-state index is 11.6. The molecule has 0 aliphatic rings. The summed E-state index contributed by atoms with van der Waals surface area (Å²) in [6.45, 7) is 1.83. The first-order valence-electron chi connectivity index (χ1n) is 4.55. The number of ketones is 1. The smallest absolute Gasteiger partial charge is 0.379 e. The molecule has 1 rings (SSSR count). The van der Waals surface area contributed by atoms with Crippen LogP contribution in [0.4, 0.5) is 0 Å². The highest BCUT2D eigenvalue weighted by Gasteiger charge is 2.20. The van der Waals surface area contributed by atoms with E-state index in [0.29, 0.717) is 5.75 Å². The molecular formula is C11H12O4. The van der Waals surface area contributed by atoms with Gasteiger partial charge in [0.25, 0.3) is 5.78 Å². The summed E-state index contributed by atoms with van der Waals surface area (Å²) in [4.78, 5) is 22.7. The molecule has 4 heteroatoms. The van der Waals surface area contributed by atoms with Gasteiger partial charge in [-0.15, -0.1) is 0 Å². The summed E-state index contributed by atoms with van der Waals surface area (Å²) < 4.78 is 9.58. The van der Waals surface area contributed by atoms with E-state index in [-0.39, 0.29) is 12.2 Å². The molecule has 0 aliphatic heterocycles. The van der Waals surface area contributed by atoms with Crippen LogP contribution in [-0.2, 0) is 9.53 Å². The zero-order chi connectivity index (χ0) is 11.3. The van der Waals surface area contributed by atoms with E-state index in [0.717, 1.165) is 0 Å². The van der Waals surface area contributed by atoms with Gasteiger partial charge in [0, 0.05) is 0 Å². The number of rotatable bonds is 4. The molecule has 0 saturated heterocycles. The van der Waals surface area contributed by atoms with Gasteiger partial charge in [0.05, 0.1) is 19.3 Å². The molecule has 0 bridgehead atoms. The van der Waals surface area contributed by atoms with Gasteiger partial charge in [0.15, 0.2) is 0 Å². The lowest BCUT2D eigenvalue weighted by Crippen LogP contribution is -2.18. The molecule has 0 aliphatic carbocycles. The minimum atomic E-state index is -0.859. The Morgan fingerprint density at radius 2 is 1.93 bits per heavy atom. The Morgan fingerprint density at radius 1 is 1.27 bits per heavy atom. The third-order valence-corrected chi connectivity index (χ3v) is 1.81. The molecule has 80 valence electrons. The largest absolute Gasteiger partial charge is 0.496 e. The fraction of sp³-hybridized carbons (Fsp3) is 0.273. The predicted octanol–water partition coefficient (Wildman–Crippen LogP) is 1.44. The number of methoxy groups -OCH3 is 1. The van der Waals surface area contributed by atoms with Crippen molar-refractivity contribution in [1.29, 1.82) is 0 Å². The number of benzene rings is 1. The van der Waals surface area contributed by atoms with Crippen molar-refractivity contribution in [3.63, 3.8) is 0 Å². The van der Waals surface area contributed by atoms with Crippen molar-refractivity contribution >= 4 is 11.8 Å². The van der Waals surface area contributed by atoms with E-state index in [9.17, 15) is 9.59 Å². The standard InChI is InChI=1S/C11H12O4/c1-3-15-11(13)10(12)8-6-4-5-7-9(8)14-2/h4-7H,3H2,1-2H3. The lowest BCUT2D eigenvalue weighted by molar-refractivity contribution is -0.137. The molecule has 0 fully saturated rings. The summed E-state index contributed by atoms with van der Waals surface area (Å²) in [7, 11) is 1.44. The zero-order valence-electron chi connectivity index (χ0n) is 8.65. The highest BCUT2D eigenvalue weighted by Crippen LogP contribution is 2.18. The molecule has 0 spiro atoms. The van der Waals surface area contributed by atoms with Crippen LogP contribution < -0.4 is 4.74 Å². The summed E-state index contributed by atoms with van der Waals surface area (Å²) in [6, 6.07) is 6.53. The van der Waals surface area contributed by atoms with Gasteiger partial charge in [0.2, 0.25) is 0 Å². The fourth-order valence-corrected chi connectivity index (χ4v) is 1.14. The second-order valence-electron chi connectivity index (χ2n) is 2.75. The van der Waals surface area contributed by atoms with Crippen LogP contribution in [0.15, 0.2) is 24.3 Å². The normalized spacial score (nSPS) is 9.47. The predicted molar refractivity (Wildman–Crippen MR) is 54.0 cm³/mol. The maximum absolute atomic E-state index is 11.6. The first-order valence-corrected chi connectivity index (χ1v) is 4.55. The van der Waals surface area contributed by atoms with Crippen LogP contribution >= 0.6 is 0 Å². The molecule has 4 nitrogen and oxygen atoms in total. The summed E-state index contributed by atoms with van der Waals surface area (Å²) in [5.41, 5.74) is 0.221. The maximum Gasteiger partial charge on any atom is 0.379 e. The van der Waals surface area contributed by atoms with Gasteiger partial charge >= 0.3 is 5.97 Å². The third kappa shape index (κ3) is 2.56. The molecule has 15 heavy (non-hydrogen) atoms. The average Bonchev–Trinajstić information content (AvgIpc) is 2.28. The van der Waals surface area contributed by atoms with Gasteiger partial charge in [-0.2, -0.15) is 0 Å². The van der Waals surface area contributed by atoms with Crippen LogP contribution in [0.1, 0.15) is 17.3 Å². The van der Waals surface area contributed by atoms with Crippen LogP contribution in [0.5, 0.6) is 5.75 Å². The minimum absolute atomic E-state index is 0.180. The van der Waals surface area contributed by atoms with Crippen LogP contribution in [0, 0.1) is 0 Å². The number of ether oxygens (including phenoxy) is 2. The van der Waals surface area contributed by atoms with Crippen molar-refractivity contribution in [1.82, 2.24) is 0 Å². The Bertz CT molecular complexity index is 371. The summed E-state index contributed by atoms with van der Waals surface area (Å²) in [6.07, 6.45) is 0. The second kappa shape index (κ2) is 5.14. The van der Waals surface area contributed by atoms with E-state index >= 15 is 0 Å². The molecule has 0 aromatic heterocycles. The highest BCUT2D eigenvalue weighted by atomic mass is 16.5. The van der Waals surface area contributed by atoms with Crippen molar-refractivity contribution in [2.75, 3.05) is 13.7 Å². The van der Waals surface area contributed by atoms with Crippen molar-refractivity contribution in [2.24, 2.45) is 0 Å². The van der Waals surface area contributed by atoms with E-state index in [1.807, 2.05) is 0 Å². The Labute approximate surface area is 87.8 Å². The monoisotopic (exact) mass is 208 g/mol. The number of esters is 1. The van der Waals surface area contributed by atoms with Gasteiger partial charge in [0.1, 0.15) is 5.75 Å². The minimum Gasteiger partial charge on any atom is -0.496 e. The molecule has 0 unspecified atom stereocenters. The second-order valence-corrected chi connectivity index (χ2v) is 2.75. The highest BCUT2D eigenvalue weighted by molar-refractivity contribution is 6.41. The molecule has 0 saturated carbocycles. The van der Waals surface area contributed by atoms with E-state index < -0.39 is 11.8 Å². The molecule has 1 aromatic carbocycles. The van der Waals surface area contributed by atoms with E-state index in [2.05, 4.69) is 4.74 Å². The Morgan fingerprint density at radius 3 is 2.53 bits per heavy atom. The zero-order valence-corrected chi connectivity index (χ0v) is 8.65. The molecule has 0 N–H and O–H groups in total. The number of hydrogen-bond acceptors (Lipinski definition) is 4. The van der Waals surface area contributed by atoms with Crippen molar-refractivity contribution < 1.29 is 19.1 Å². The molecular weight excluding hydrogens is 196 g/mol. The van der Waals surface area contributed by atoms with Gasteiger partial charge in [-0.25, -0.2) is 4.79 Å². The summed E-state index contributed by atoms with van der Waals surface area (Å²) in [5.74, 6) is -1.17. The van der Waals surface area contributed by atoms with Gasteiger partial charge in [-0.1, -0.05) is 12.1 Å². The number of hydrogen-bond donors (Lipinski definition) is 0. The Kier molecular flexibility index (Phi) is 3.85. The van der Waals surface area contributed by atoms with Crippen molar-refractivity contribution in [3.05, 3.63) is 29.8 Å². The number of Topliss-reactive ketones (excluding diaryl/α,β-unsaturated/α-hetero) is 1. The topological polar surface area (TPSA) is 52.6 Å². The van der Waals surface area contributed by atoms with E-state index in [1.165, 1.54) is 13.2 Å². The molecule has 1 aromatic rings. The first-order chi connectivity index (χ1) is 7.20. The molecule has 0 radical (unpaired) electrons. The number of para-hydroxylation sites is 1. The lowest BCUT2D eigenvalue weighted by atomic mass is 10.1. The van der Waals surface area contributed by atoms with Crippen LogP contribution in [-0.4, -0.2) is 25.5 Å². The molecule has 0 atom stereocenters. The van der Waals surface area contributed by atoms with Gasteiger partial charge in [-0.05, 0) is 19.1 Å². The van der Waals surface area contributed by atoms with Gasteiger partial charge in [-0.3, -0.25) is 4.79 Å². The SMILES string of the molecule is CCOC(=O)C(=O)c1ccccc1OC. The Hall–Kier alpha value is -1.84. The van der Waals surface area contributed by atoms with Crippen molar-refractivity contribution in [2.45, 2.75) is 6.92 Å². The summed E-state index contributed by atoms with van der Waals surface area (Å²) >= 11 is 0. The Balaban J connectivity index is 2.95. The molecule has 0 amide bonds. The average molecular weight is 208 g/mol. The first kappa shape index (κ1) is 11.2. The van der Waals surface area contributed by atoms with E-state index in [4.69, 9.17) is 4.74 Å². The number of carbonyl (C=O) groups is 2. The summed E-state index contributed by atoms with van der Waals surface area (Å²) in [5, 5.41) is 0. The number of carbonyl (C=O) groups excluding carboxylic acids is 2. The van der Waals surface area contributed by atoms with E-state index in [1.54, 1.807) is 25.1 Å². The van der Waals surface area contributed by atoms with Crippen LogP contribution in [0.25, 0.3) is 0 Å². The molecule has 0 heterocycles. The third-order valence-electron chi connectivity index (χ3n) is 1.81. The fourth-order valence-electron chi connectivity index (χ4n) is 1.14. The van der Waals surface area contributed by atoms with Crippen molar-refractivity contribution in [3.8, 4) is 5.75 Å².